The first-order valence-electron chi connectivity index (χ1n) is 7.21. The second-order valence-corrected chi connectivity index (χ2v) is 6.45. The summed E-state index contributed by atoms with van der Waals surface area (Å²) in [4.78, 5) is 24.1. The van der Waals surface area contributed by atoms with E-state index in [-0.39, 0.29) is 28.6 Å². The molecule has 1 rings (SSSR count). The van der Waals surface area contributed by atoms with Crippen LogP contribution in [0.3, 0.4) is 0 Å². The summed E-state index contributed by atoms with van der Waals surface area (Å²) in [6, 6.07) is 7.14. The number of hydrogen-bond donors (Lipinski definition) is 2. The molecular weight excluding hydrogens is 332 g/mol. The molecule has 0 saturated carbocycles. The van der Waals surface area contributed by atoms with Crippen molar-refractivity contribution >= 4 is 33.4 Å². The van der Waals surface area contributed by atoms with Crippen LogP contribution < -0.4 is 10.6 Å². The molecule has 0 radical (unpaired) electrons. The Balaban J connectivity index is 2.89. The molecule has 0 spiro atoms. The second-order valence-electron chi connectivity index (χ2n) is 5.46. The van der Waals surface area contributed by atoms with Gasteiger partial charge in [0.15, 0.2) is 0 Å². The van der Waals surface area contributed by atoms with Crippen LogP contribution in [-0.2, 0) is 4.79 Å². The SMILES string of the molecule is CCC(C)NC(=O)c1ccccc1NC(=O)C(Br)C(C)C. The van der Waals surface area contributed by atoms with Gasteiger partial charge in [-0.1, -0.05) is 48.8 Å². The molecule has 0 saturated heterocycles. The lowest BCUT2D eigenvalue weighted by atomic mass is 10.1. The molecule has 2 unspecified atom stereocenters. The number of carbonyl (C=O) groups excluding carboxylic acids is 2. The van der Waals surface area contributed by atoms with E-state index in [2.05, 4.69) is 26.6 Å². The van der Waals surface area contributed by atoms with Crippen molar-refractivity contribution in [3.8, 4) is 0 Å². The first-order chi connectivity index (χ1) is 9.86. The van der Waals surface area contributed by atoms with Crippen molar-refractivity contribution < 1.29 is 9.59 Å². The normalized spacial score (nSPS) is 13.6. The largest absolute Gasteiger partial charge is 0.350 e. The maximum atomic E-state index is 12.2. The van der Waals surface area contributed by atoms with Gasteiger partial charge in [0.05, 0.1) is 16.1 Å². The minimum absolute atomic E-state index is 0.0980. The molecule has 2 N–H and O–H groups in total. The molecule has 0 fully saturated rings. The Kier molecular flexibility index (Phi) is 6.89. The van der Waals surface area contributed by atoms with Crippen LogP contribution in [0.4, 0.5) is 5.69 Å². The number of amides is 2. The van der Waals surface area contributed by atoms with Gasteiger partial charge in [0, 0.05) is 6.04 Å². The maximum absolute atomic E-state index is 12.2. The Morgan fingerprint density at radius 3 is 2.38 bits per heavy atom. The number of carbonyl (C=O) groups is 2. The zero-order valence-corrected chi connectivity index (χ0v) is 14.5. The van der Waals surface area contributed by atoms with Gasteiger partial charge in [-0.2, -0.15) is 0 Å². The fraction of sp³-hybridized carbons (Fsp3) is 0.500. The van der Waals surface area contributed by atoms with E-state index in [0.29, 0.717) is 11.3 Å². The van der Waals surface area contributed by atoms with E-state index in [4.69, 9.17) is 0 Å². The fourth-order valence-corrected chi connectivity index (χ4v) is 1.81. The van der Waals surface area contributed by atoms with Crippen molar-refractivity contribution in [3.05, 3.63) is 29.8 Å². The van der Waals surface area contributed by atoms with Crippen LogP contribution in [0.2, 0.25) is 0 Å². The van der Waals surface area contributed by atoms with Gasteiger partial charge in [0.2, 0.25) is 5.91 Å². The van der Waals surface area contributed by atoms with Crippen LogP contribution in [0.25, 0.3) is 0 Å². The summed E-state index contributed by atoms with van der Waals surface area (Å²) in [5.41, 5.74) is 1.02. The Bertz CT molecular complexity index is 503. The summed E-state index contributed by atoms with van der Waals surface area (Å²) in [6.45, 7) is 7.88. The van der Waals surface area contributed by atoms with Crippen LogP contribution in [0, 0.1) is 5.92 Å². The standard InChI is InChI=1S/C16H23BrN2O2/c1-5-11(4)18-15(20)12-8-6-7-9-13(12)19-16(21)14(17)10(2)3/h6-11,14H,5H2,1-4H3,(H,18,20)(H,19,21). The molecule has 0 aliphatic heterocycles. The van der Waals surface area contributed by atoms with E-state index in [1.54, 1.807) is 24.3 Å². The number of nitrogens with one attached hydrogen (secondary N) is 2. The van der Waals surface area contributed by atoms with E-state index in [1.165, 1.54) is 0 Å². The van der Waals surface area contributed by atoms with Gasteiger partial charge < -0.3 is 10.6 Å². The monoisotopic (exact) mass is 354 g/mol. The topological polar surface area (TPSA) is 58.2 Å². The molecule has 0 aliphatic rings. The maximum Gasteiger partial charge on any atom is 0.253 e. The smallest absolute Gasteiger partial charge is 0.253 e. The summed E-state index contributed by atoms with van der Waals surface area (Å²) in [6.07, 6.45) is 0.858. The fourth-order valence-electron chi connectivity index (χ4n) is 1.70. The third-order valence-electron chi connectivity index (χ3n) is 3.26. The number of para-hydroxylation sites is 1. The first-order valence-corrected chi connectivity index (χ1v) is 8.13. The Morgan fingerprint density at radius 2 is 1.81 bits per heavy atom. The molecule has 2 amide bonds. The van der Waals surface area contributed by atoms with Crippen molar-refractivity contribution in [1.29, 1.82) is 0 Å². The molecule has 0 aromatic heterocycles. The molecule has 0 bridgehead atoms. The highest BCUT2D eigenvalue weighted by Crippen LogP contribution is 2.19. The number of hydrogen-bond acceptors (Lipinski definition) is 2. The molecule has 1 aromatic carbocycles. The highest BCUT2D eigenvalue weighted by molar-refractivity contribution is 9.10. The van der Waals surface area contributed by atoms with Crippen molar-refractivity contribution in [2.45, 2.75) is 45.0 Å². The minimum atomic E-state index is -0.289. The van der Waals surface area contributed by atoms with Gasteiger partial charge in [0.25, 0.3) is 5.91 Å². The Labute approximate surface area is 134 Å². The third-order valence-corrected chi connectivity index (χ3v) is 4.73. The molecule has 0 heterocycles. The average molecular weight is 355 g/mol. The van der Waals surface area contributed by atoms with E-state index >= 15 is 0 Å². The van der Waals surface area contributed by atoms with Crippen molar-refractivity contribution in [2.75, 3.05) is 5.32 Å². The highest BCUT2D eigenvalue weighted by Gasteiger charge is 2.21. The molecule has 116 valence electrons. The Hall–Kier alpha value is -1.36. The first kappa shape index (κ1) is 17.7. The number of anilines is 1. The van der Waals surface area contributed by atoms with E-state index in [0.717, 1.165) is 6.42 Å². The van der Waals surface area contributed by atoms with Gasteiger partial charge in [-0.05, 0) is 31.4 Å². The van der Waals surface area contributed by atoms with Crippen LogP contribution >= 0.6 is 15.9 Å². The molecular formula is C16H23BrN2O2. The highest BCUT2D eigenvalue weighted by atomic mass is 79.9. The molecule has 21 heavy (non-hydrogen) atoms. The lowest BCUT2D eigenvalue weighted by molar-refractivity contribution is -0.116. The van der Waals surface area contributed by atoms with E-state index < -0.39 is 0 Å². The number of alkyl halides is 1. The number of halogens is 1. The molecule has 4 nitrogen and oxygen atoms in total. The van der Waals surface area contributed by atoms with Crippen LogP contribution in [0.15, 0.2) is 24.3 Å². The van der Waals surface area contributed by atoms with Crippen molar-refractivity contribution in [3.63, 3.8) is 0 Å². The average Bonchev–Trinajstić information content (AvgIpc) is 2.46. The van der Waals surface area contributed by atoms with Gasteiger partial charge in [-0.15, -0.1) is 0 Å². The van der Waals surface area contributed by atoms with Crippen LogP contribution in [0.1, 0.15) is 44.5 Å². The van der Waals surface area contributed by atoms with Gasteiger partial charge in [-0.3, -0.25) is 9.59 Å². The zero-order chi connectivity index (χ0) is 16.0. The van der Waals surface area contributed by atoms with E-state index in [1.807, 2.05) is 27.7 Å². The lowest BCUT2D eigenvalue weighted by Crippen LogP contribution is -2.33. The predicted octanol–water partition coefficient (Wildman–Crippen LogP) is 3.57. The van der Waals surface area contributed by atoms with Gasteiger partial charge >= 0.3 is 0 Å². The summed E-state index contributed by atoms with van der Waals surface area (Å²) >= 11 is 3.37. The summed E-state index contributed by atoms with van der Waals surface area (Å²) in [5, 5.41) is 5.73. The molecule has 5 heteroatoms. The summed E-state index contributed by atoms with van der Waals surface area (Å²) in [5.74, 6) is -0.143. The third kappa shape index (κ3) is 5.16. The molecule has 1 aromatic rings. The number of benzene rings is 1. The predicted molar refractivity (Wildman–Crippen MR) is 89.8 cm³/mol. The second kappa shape index (κ2) is 8.17. The van der Waals surface area contributed by atoms with Crippen LogP contribution in [-0.4, -0.2) is 22.7 Å². The molecule has 2 atom stereocenters. The Morgan fingerprint density at radius 1 is 1.19 bits per heavy atom. The molecule has 0 aliphatic carbocycles. The lowest BCUT2D eigenvalue weighted by Gasteiger charge is -2.17. The van der Waals surface area contributed by atoms with Gasteiger partial charge in [-0.25, -0.2) is 0 Å². The zero-order valence-electron chi connectivity index (χ0n) is 12.9. The van der Waals surface area contributed by atoms with Gasteiger partial charge in [0.1, 0.15) is 0 Å². The summed E-state index contributed by atoms with van der Waals surface area (Å²) in [7, 11) is 0. The van der Waals surface area contributed by atoms with Crippen LogP contribution in [0.5, 0.6) is 0 Å². The quantitative estimate of drug-likeness (QED) is 0.767. The van der Waals surface area contributed by atoms with Crippen molar-refractivity contribution in [1.82, 2.24) is 5.32 Å². The van der Waals surface area contributed by atoms with E-state index in [9.17, 15) is 9.59 Å². The summed E-state index contributed by atoms with van der Waals surface area (Å²) < 4.78 is 0. The van der Waals surface area contributed by atoms with Crippen molar-refractivity contribution in [2.24, 2.45) is 5.92 Å². The number of rotatable bonds is 6. The minimum Gasteiger partial charge on any atom is -0.350 e.